The Labute approximate surface area is 231 Å². The number of halogens is 1. The van der Waals surface area contributed by atoms with Crippen molar-refractivity contribution in [1.29, 1.82) is 0 Å². The number of hydrogen-bond acceptors (Lipinski definition) is 5. The van der Waals surface area contributed by atoms with E-state index in [2.05, 4.69) is 29.8 Å². The van der Waals surface area contributed by atoms with Gasteiger partial charge in [0.05, 0.1) is 41.3 Å². The molecule has 4 aromatic rings. The third-order valence-corrected chi connectivity index (χ3v) is 7.25. The molecule has 38 heavy (non-hydrogen) atoms. The standard InChI is InChI=1S/C30H32BrN3O4/c1-18(2)17-33(29(35)21-13-11-19(3)12-14-21)20(4)28-32-24-10-8-7-9-23(24)30(36)34(28)25-15-22(37-5)16-26(38-6)27(25)31/h7-16,18,20H,17H2,1-6H3. The monoisotopic (exact) mass is 577 g/mol. The molecule has 7 nitrogen and oxygen atoms in total. The number of amides is 1. The van der Waals surface area contributed by atoms with Gasteiger partial charge >= 0.3 is 0 Å². The summed E-state index contributed by atoms with van der Waals surface area (Å²) >= 11 is 3.62. The Kier molecular flexibility index (Phi) is 8.21. The number of rotatable bonds is 8. The van der Waals surface area contributed by atoms with Crippen LogP contribution in [0.25, 0.3) is 16.6 Å². The van der Waals surface area contributed by atoms with Crippen LogP contribution in [0.5, 0.6) is 11.5 Å². The fourth-order valence-corrected chi connectivity index (χ4v) is 5.03. The molecule has 0 aliphatic heterocycles. The highest BCUT2D eigenvalue weighted by molar-refractivity contribution is 9.10. The highest BCUT2D eigenvalue weighted by Crippen LogP contribution is 2.37. The van der Waals surface area contributed by atoms with Gasteiger partial charge in [0.1, 0.15) is 17.3 Å². The number of benzene rings is 3. The van der Waals surface area contributed by atoms with Crippen LogP contribution in [0.2, 0.25) is 0 Å². The van der Waals surface area contributed by atoms with Gasteiger partial charge in [-0.3, -0.25) is 14.2 Å². The molecule has 198 valence electrons. The van der Waals surface area contributed by atoms with Gasteiger partial charge in [0.15, 0.2) is 0 Å². The minimum atomic E-state index is -0.535. The number of para-hydroxylation sites is 1. The molecule has 1 aromatic heterocycles. The van der Waals surface area contributed by atoms with E-state index in [1.54, 1.807) is 41.9 Å². The Hall–Kier alpha value is -3.65. The van der Waals surface area contributed by atoms with Crippen LogP contribution in [0.15, 0.2) is 69.9 Å². The van der Waals surface area contributed by atoms with Crippen LogP contribution in [0, 0.1) is 12.8 Å². The van der Waals surface area contributed by atoms with Gasteiger partial charge in [0, 0.05) is 24.2 Å². The molecule has 1 amide bonds. The number of methoxy groups -OCH3 is 2. The lowest BCUT2D eigenvalue weighted by molar-refractivity contribution is 0.0655. The van der Waals surface area contributed by atoms with Crippen LogP contribution >= 0.6 is 15.9 Å². The second kappa shape index (κ2) is 11.4. The SMILES string of the molecule is COc1cc(OC)c(Br)c(-n2c(C(C)N(CC(C)C)C(=O)c3ccc(C)cc3)nc3ccccc3c2=O)c1. The second-order valence-electron chi connectivity index (χ2n) is 9.68. The predicted octanol–water partition coefficient (Wildman–Crippen LogP) is 6.33. The van der Waals surface area contributed by atoms with Gasteiger partial charge < -0.3 is 14.4 Å². The van der Waals surface area contributed by atoms with E-state index in [9.17, 15) is 9.59 Å². The number of aromatic nitrogens is 2. The molecule has 0 N–H and O–H groups in total. The van der Waals surface area contributed by atoms with Crippen molar-refractivity contribution < 1.29 is 14.3 Å². The highest BCUT2D eigenvalue weighted by Gasteiger charge is 2.29. The molecule has 0 saturated carbocycles. The first-order valence-corrected chi connectivity index (χ1v) is 13.3. The third kappa shape index (κ3) is 5.31. The van der Waals surface area contributed by atoms with E-state index in [1.807, 2.05) is 56.3 Å². The van der Waals surface area contributed by atoms with Crippen LogP contribution in [-0.2, 0) is 0 Å². The summed E-state index contributed by atoms with van der Waals surface area (Å²) in [5.41, 5.74) is 2.49. The number of nitrogens with zero attached hydrogens (tertiary/aromatic N) is 3. The first kappa shape index (κ1) is 27.4. The van der Waals surface area contributed by atoms with Gasteiger partial charge in [-0.15, -0.1) is 0 Å². The number of carbonyl (C=O) groups is 1. The van der Waals surface area contributed by atoms with Crippen molar-refractivity contribution in [3.63, 3.8) is 0 Å². The molecule has 0 aliphatic rings. The Morgan fingerprint density at radius 2 is 1.71 bits per heavy atom. The van der Waals surface area contributed by atoms with Crippen molar-refractivity contribution in [3.05, 3.63) is 92.4 Å². The van der Waals surface area contributed by atoms with E-state index >= 15 is 0 Å². The summed E-state index contributed by atoms with van der Waals surface area (Å²) < 4.78 is 13.2. The summed E-state index contributed by atoms with van der Waals surface area (Å²) in [5.74, 6) is 1.53. The van der Waals surface area contributed by atoms with E-state index in [4.69, 9.17) is 14.5 Å². The smallest absolute Gasteiger partial charge is 0.266 e. The molecule has 0 bridgehead atoms. The summed E-state index contributed by atoms with van der Waals surface area (Å²) in [5, 5.41) is 0.470. The zero-order valence-corrected chi connectivity index (χ0v) is 24.1. The number of fused-ring (bicyclic) bond motifs is 1. The Morgan fingerprint density at radius 1 is 1.03 bits per heavy atom. The van der Waals surface area contributed by atoms with Gasteiger partial charge in [-0.05, 0) is 60.0 Å². The fourth-order valence-electron chi connectivity index (χ4n) is 4.46. The average molecular weight is 579 g/mol. The van der Waals surface area contributed by atoms with Gasteiger partial charge in [-0.2, -0.15) is 0 Å². The zero-order valence-electron chi connectivity index (χ0n) is 22.5. The van der Waals surface area contributed by atoms with Gasteiger partial charge in [-0.25, -0.2) is 4.98 Å². The van der Waals surface area contributed by atoms with E-state index in [0.717, 1.165) is 5.56 Å². The molecular formula is C30H32BrN3O4. The largest absolute Gasteiger partial charge is 0.497 e. The lowest BCUT2D eigenvalue weighted by atomic mass is 10.1. The molecule has 0 radical (unpaired) electrons. The summed E-state index contributed by atoms with van der Waals surface area (Å²) in [6, 6.07) is 17.7. The van der Waals surface area contributed by atoms with Crippen LogP contribution in [0.3, 0.4) is 0 Å². The number of hydrogen-bond donors (Lipinski definition) is 0. The van der Waals surface area contributed by atoms with E-state index in [-0.39, 0.29) is 17.4 Å². The number of aryl methyl sites for hydroxylation is 1. The van der Waals surface area contributed by atoms with E-state index < -0.39 is 6.04 Å². The van der Waals surface area contributed by atoms with Crippen molar-refractivity contribution in [1.82, 2.24) is 14.5 Å². The Bertz CT molecular complexity index is 1530. The quantitative estimate of drug-likeness (QED) is 0.244. The maximum absolute atomic E-state index is 14.0. The summed E-state index contributed by atoms with van der Waals surface area (Å²) in [7, 11) is 3.11. The number of ether oxygens (including phenoxy) is 2. The van der Waals surface area contributed by atoms with Crippen LogP contribution in [0.4, 0.5) is 0 Å². The minimum absolute atomic E-state index is 0.123. The molecule has 1 atom stereocenters. The molecule has 0 spiro atoms. The Balaban J connectivity index is 1.99. The zero-order chi connectivity index (χ0) is 27.6. The van der Waals surface area contributed by atoms with Gasteiger partial charge in [-0.1, -0.05) is 43.7 Å². The molecule has 0 aliphatic carbocycles. The topological polar surface area (TPSA) is 73.7 Å². The Morgan fingerprint density at radius 3 is 2.34 bits per heavy atom. The molecular weight excluding hydrogens is 546 g/mol. The summed E-state index contributed by atoms with van der Waals surface area (Å²) in [6.45, 7) is 8.51. The van der Waals surface area contributed by atoms with Crippen molar-refractivity contribution in [2.75, 3.05) is 20.8 Å². The first-order valence-electron chi connectivity index (χ1n) is 12.5. The van der Waals surface area contributed by atoms with Crippen molar-refractivity contribution in [3.8, 4) is 17.2 Å². The van der Waals surface area contributed by atoms with Crippen LogP contribution in [0.1, 0.15) is 48.6 Å². The minimum Gasteiger partial charge on any atom is -0.497 e. The highest BCUT2D eigenvalue weighted by atomic mass is 79.9. The van der Waals surface area contributed by atoms with Crippen molar-refractivity contribution >= 4 is 32.7 Å². The van der Waals surface area contributed by atoms with E-state index in [0.29, 0.717) is 50.5 Å². The maximum Gasteiger partial charge on any atom is 0.266 e. The summed E-state index contributed by atoms with van der Waals surface area (Å²) in [6.07, 6.45) is 0. The summed E-state index contributed by atoms with van der Waals surface area (Å²) in [4.78, 5) is 34.6. The first-order chi connectivity index (χ1) is 18.2. The van der Waals surface area contributed by atoms with Gasteiger partial charge in [0.2, 0.25) is 0 Å². The van der Waals surface area contributed by atoms with Crippen molar-refractivity contribution in [2.24, 2.45) is 5.92 Å². The van der Waals surface area contributed by atoms with Crippen LogP contribution < -0.4 is 15.0 Å². The van der Waals surface area contributed by atoms with Crippen LogP contribution in [-0.4, -0.2) is 41.1 Å². The van der Waals surface area contributed by atoms with E-state index in [1.165, 1.54) is 0 Å². The number of carbonyl (C=O) groups excluding carboxylic acids is 1. The molecule has 3 aromatic carbocycles. The van der Waals surface area contributed by atoms with Gasteiger partial charge in [0.25, 0.3) is 11.5 Å². The van der Waals surface area contributed by atoms with Crippen molar-refractivity contribution in [2.45, 2.75) is 33.7 Å². The molecule has 8 heteroatoms. The average Bonchev–Trinajstić information content (AvgIpc) is 2.91. The second-order valence-corrected chi connectivity index (χ2v) is 10.5. The lowest BCUT2D eigenvalue weighted by Gasteiger charge is -2.32. The molecule has 1 unspecified atom stereocenters. The predicted molar refractivity (Wildman–Crippen MR) is 154 cm³/mol. The molecule has 0 saturated heterocycles. The third-order valence-electron chi connectivity index (χ3n) is 6.45. The normalized spacial score (nSPS) is 12.0. The molecule has 1 heterocycles. The lowest BCUT2D eigenvalue weighted by Crippen LogP contribution is -2.39. The molecule has 4 rings (SSSR count). The fraction of sp³-hybridized carbons (Fsp3) is 0.300. The maximum atomic E-state index is 14.0. The molecule has 0 fully saturated rings.